The Bertz CT molecular complexity index is 497. The van der Waals surface area contributed by atoms with Crippen molar-refractivity contribution in [3.63, 3.8) is 0 Å². The molecule has 0 saturated carbocycles. The molecule has 0 bridgehead atoms. The topological polar surface area (TPSA) is 78.4 Å². The maximum atomic E-state index is 11.8. The highest BCUT2D eigenvalue weighted by molar-refractivity contribution is 9.10. The van der Waals surface area contributed by atoms with E-state index in [1.165, 1.54) is 0 Å². The van der Waals surface area contributed by atoms with Crippen molar-refractivity contribution in [2.75, 3.05) is 17.3 Å². The maximum absolute atomic E-state index is 11.8. The molecule has 0 unspecified atom stereocenters. The van der Waals surface area contributed by atoms with E-state index in [0.29, 0.717) is 17.9 Å². The molecule has 2 amide bonds. The van der Waals surface area contributed by atoms with Gasteiger partial charge in [0.25, 0.3) is 0 Å². The lowest BCUT2D eigenvalue weighted by Crippen LogP contribution is -2.43. The first-order chi connectivity index (χ1) is 9.45. The van der Waals surface area contributed by atoms with Crippen LogP contribution in [0.4, 0.5) is 10.5 Å². The van der Waals surface area contributed by atoms with Crippen LogP contribution >= 0.6 is 27.7 Å². The number of thioether (sulfide) groups is 1. The van der Waals surface area contributed by atoms with Crippen molar-refractivity contribution in [1.29, 1.82) is 0 Å². The van der Waals surface area contributed by atoms with Gasteiger partial charge >= 0.3 is 12.0 Å². The number of anilines is 1. The lowest BCUT2D eigenvalue weighted by molar-refractivity contribution is -0.139. The number of carbonyl (C=O) groups excluding carboxylic acids is 1. The lowest BCUT2D eigenvalue weighted by Gasteiger charge is -2.15. The number of aliphatic carboxylic acids is 1. The predicted octanol–water partition coefficient (Wildman–Crippen LogP) is 3.09. The molecular formula is C13H17BrN2O3S. The highest BCUT2D eigenvalue weighted by Crippen LogP contribution is 2.25. The van der Waals surface area contributed by atoms with Gasteiger partial charge in [-0.25, -0.2) is 9.59 Å². The quantitative estimate of drug-likeness (QED) is 0.728. The Morgan fingerprint density at radius 2 is 2.15 bits per heavy atom. The molecule has 0 fully saturated rings. The van der Waals surface area contributed by atoms with E-state index in [2.05, 4.69) is 26.6 Å². The Labute approximate surface area is 130 Å². The van der Waals surface area contributed by atoms with Gasteiger partial charge in [0.05, 0.1) is 5.69 Å². The molecular weight excluding hydrogens is 344 g/mol. The molecule has 110 valence electrons. The van der Waals surface area contributed by atoms with E-state index in [9.17, 15) is 9.59 Å². The third kappa shape index (κ3) is 5.05. The van der Waals surface area contributed by atoms with Gasteiger partial charge in [-0.05, 0) is 52.9 Å². The van der Waals surface area contributed by atoms with Gasteiger partial charge in [0.15, 0.2) is 0 Å². The van der Waals surface area contributed by atoms with Crippen LogP contribution in [0.15, 0.2) is 22.7 Å². The van der Waals surface area contributed by atoms with Crippen LogP contribution in [0, 0.1) is 6.92 Å². The molecule has 0 aliphatic rings. The monoisotopic (exact) mass is 360 g/mol. The number of aryl methyl sites for hydroxylation is 1. The van der Waals surface area contributed by atoms with Gasteiger partial charge in [-0.3, -0.25) is 0 Å². The van der Waals surface area contributed by atoms with Gasteiger partial charge in [0, 0.05) is 4.47 Å². The van der Waals surface area contributed by atoms with E-state index < -0.39 is 18.0 Å². The molecule has 0 spiro atoms. The van der Waals surface area contributed by atoms with E-state index in [4.69, 9.17) is 5.11 Å². The second-order valence-corrected chi connectivity index (χ2v) is 5.99. The Kier molecular flexibility index (Phi) is 6.87. The fourth-order valence-electron chi connectivity index (χ4n) is 1.55. The zero-order valence-electron chi connectivity index (χ0n) is 11.3. The Morgan fingerprint density at radius 1 is 1.45 bits per heavy atom. The number of carbonyl (C=O) groups is 2. The highest BCUT2D eigenvalue weighted by atomic mass is 79.9. The molecule has 1 aromatic carbocycles. The largest absolute Gasteiger partial charge is 0.480 e. The third-order valence-corrected chi connectivity index (χ3v) is 4.35. The fraction of sp³-hybridized carbons (Fsp3) is 0.385. The van der Waals surface area contributed by atoms with Gasteiger partial charge in [0.1, 0.15) is 6.04 Å². The number of halogens is 1. The van der Waals surface area contributed by atoms with Crippen LogP contribution in [-0.2, 0) is 4.79 Å². The number of nitrogens with one attached hydrogen (secondary N) is 2. The normalized spacial score (nSPS) is 11.8. The molecule has 7 heteroatoms. The first-order valence-corrected chi connectivity index (χ1v) is 8.18. The van der Waals surface area contributed by atoms with E-state index in [0.717, 1.165) is 10.0 Å². The number of carboxylic acids is 1. The molecule has 20 heavy (non-hydrogen) atoms. The molecule has 0 aliphatic carbocycles. The first-order valence-electron chi connectivity index (χ1n) is 6.00. The first kappa shape index (κ1) is 16.8. The Balaban J connectivity index is 2.66. The van der Waals surface area contributed by atoms with E-state index >= 15 is 0 Å². The molecule has 1 atom stereocenters. The summed E-state index contributed by atoms with van der Waals surface area (Å²) in [7, 11) is 0. The molecule has 0 saturated heterocycles. The van der Waals surface area contributed by atoms with Crippen LogP contribution in [0.25, 0.3) is 0 Å². The number of amides is 2. The standard InChI is InChI=1S/C13H17BrN2O3S/c1-8-4-3-5-9(11(8)14)15-13(19)16-10(12(17)18)6-7-20-2/h3-5,10H,6-7H2,1-2H3,(H,17,18)(H2,15,16,19)/t10-/m0/s1. The molecule has 0 heterocycles. The minimum absolute atomic E-state index is 0.388. The summed E-state index contributed by atoms with van der Waals surface area (Å²) >= 11 is 4.92. The maximum Gasteiger partial charge on any atom is 0.326 e. The third-order valence-electron chi connectivity index (χ3n) is 2.65. The van der Waals surface area contributed by atoms with Gasteiger partial charge in [-0.1, -0.05) is 12.1 Å². The van der Waals surface area contributed by atoms with Gasteiger partial charge < -0.3 is 15.7 Å². The molecule has 1 rings (SSSR count). The lowest BCUT2D eigenvalue weighted by atomic mass is 10.2. The van der Waals surface area contributed by atoms with Crippen molar-refractivity contribution >= 4 is 45.4 Å². The second-order valence-electron chi connectivity index (χ2n) is 4.21. The summed E-state index contributed by atoms with van der Waals surface area (Å²) in [4.78, 5) is 22.9. The average molecular weight is 361 g/mol. The zero-order chi connectivity index (χ0) is 15.1. The van der Waals surface area contributed by atoms with E-state index in [-0.39, 0.29) is 0 Å². The van der Waals surface area contributed by atoms with Gasteiger partial charge in [-0.15, -0.1) is 0 Å². The summed E-state index contributed by atoms with van der Waals surface area (Å²) in [5, 5.41) is 14.2. The van der Waals surface area contributed by atoms with Crippen LogP contribution in [0.1, 0.15) is 12.0 Å². The van der Waals surface area contributed by atoms with Crippen molar-refractivity contribution in [1.82, 2.24) is 5.32 Å². The smallest absolute Gasteiger partial charge is 0.326 e. The minimum atomic E-state index is -1.03. The van der Waals surface area contributed by atoms with Crippen LogP contribution in [0.2, 0.25) is 0 Å². The number of carboxylic acid groups (broad SMARTS) is 1. The summed E-state index contributed by atoms with van der Waals surface area (Å²) in [6.45, 7) is 1.91. The van der Waals surface area contributed by atoms with Crippen molar-refractivity contribution in [3.05, 3.63) is 28.2 Å². The van der Waals surface area contributed by atoms with Crippen LogP contribution < -0.4 is 10.6 Å². The fourth-order valence-corrected chi connectivity index (χ4v) is 2.39. The molecule has 3 N–H and O–H groups in total. The average Bonchev–Trinajstić information content (AvgIpc) is 2.39. The molecule has 1 aromatic rings. The number of rotatable bonds is 6. The van der Waals surface area contributed by atoms with Crippen LogP contribution in [0.5, 0.6) is 0 Å². The number of urea groups is 1. The molecule has 5 nitrogen and oxygen atoms in total. The minimum Gasteiger partial charge on any atom is -0.480 e. The Hall–Kier alpha value is -1.21. The van der Waals surface area contributed by atoms with Crippen molar-refractivity contribution < 1.29 is 14.7 Å². The predicted molar refractivity (Wildman–Crippen MR) is 85.5 cm³/mol. The molecule has 0 aromatic heterocycles. The van der Waals surface area contributed by atoms with Crippen molar-refractivity contribution in [3.8, 4) is 0 Å². The SMILES string of the molecule is CSCC[C@H](NC(=O)Nc1cccc(C)c1Br)C(=O)O. The number of benzene rings is 1. The summed E-state index contributed by atoms with van der Waals surface area (Å²) < 4.78 is 0.783. The van der Waals surface area contributed by atoms with Crippen molar-refractivity contribution in [2.24, 2.45) is 0 Å². The number of hydrogen-bond donors (Lipinski definition) is 3. The van der Waals surface area contributed by atoms with Crippen molar-refractivity contribution in [2.45, 2.75) is 19.4 Å². The van der Waals surface area contributed by atoms with Crippen LogP contribution in [0.3, 0.4) is 0 Å². The summed E-state index contributed by atoms with van der Waals surface area (Å²) in [5.74, 6) is -0.358. The zero-order valence-corrected chi connectivity index (χ0v) is 13.7. The van der Waals surface area contributed by atoms with E-state index in [1.54, 1.807) is 17.8 Å². The highest BCUT2D eigenvalue weighted by Gasteiger charge is 2.19. The van der Waals surface area contributed by atoms with Crippen LogP contribution in [-0.4, -0.2) is 35.2 Å². The molecule has 0 aliphatic heterocycles. The molecule has 0 radical (unpaired) electrons. The summed E-state index contributed by atoms with van der Waals surface area (Å²) in [6, 6.07) is 4.06. The number of hydrogen-bond acceptors (Lipinski definition) is 3. The second kappa shape index (κ2) is 8.16. The van der Waals surface area contributed by atoms with E-state index in [1.807, 2.05) is 25.3 Å². The van der Waals surface area contributed by atoms with Gasteiger partial charge in [-0.2, -0.15) is 11.8 Å². The van der Waals surface area contributed by atoms with Gasteiger partial charge in [0.2, 0.25) is 0 Å². The summed E-state index contributed by atoms with van der Waals surface area (Å²) in [6.07, 6.45) is 2.28. The Morgan fingerprint density at radius 3 is 2.75 bits per heavy atom. The summed E-state index contributed by atoms with van der Waals surface area (Å²) in [5.41, 5.74) is 1.59.